The standard InChI is InChI=1S/C21H19BrN6O2/c1-13-9-14(2)28(26-13)19-8-5-16(10-24-19)20(23)27-30-12-18-11-29-21(25-18)15-3-6-17(22)7-4-15/h3-11H,12H2,1-2H3,(H2,23,27). The Hall–Kier alpha value is -3.46. The lowest BCUT2D eigenvalue weighted by Gasteiger charge is -2.05. The van der Waals surface area contributed by atoms with Gasteiger partial charge in [-0.05, 0) is 56.3 Å². The van der Waals surface area contributed by atoms with Crippen LogP contribution >= 0.6 is 15.9 Å². The van der Waals surface area contributed by atoms with Crippen LogP contribution in [0.1, 0.15) is 22.6 Å². The highest BCUT2D eigenvalue weighted by Crippen LogP contribution is 2.21. The SMILES string of the molecule is Cc1cc(C)n(-c2ccc(/C(N)=N/OCc3coc(-c4ccc(Br)cc4)n3)cn2)n1. The molecule has 4 rings (SSSR count). The van der Waals surface area contributed by atoms with Gasteiger partial charge in [0.25, 0.3) is 0 Å². The summed E-state index contributed by atoms with van der Waals surface area (Å²) in [5.74, 6) is 1.45. The Morgan fingerprint density at radius 1 is 1.20 bits per heavy atom. The number of benzene rings is 1. The number of aromatic nitrogens is 4. The van der Waals surface area contributed by atoms with Crippen molar-refractivity contribution in [3.63, 3.8) is 0 Å². The fourth-order valence-corrected chi connectivity index (χ4v) is 3.11. The molecule has 4 aromatic rings. The summed E-state index contributed by atoms with van der Waals surface area (Å²) in [7, 11) is 0. The minimum atomic E-state index is 0.137. The van der Waals surface area contributed by atoms with Crippen molar-refractivity contribution in [1.82, 2.24) is 19.7 Å². The number of aryl methyl sites for hydroxylation is 2. The lowest BCUT2D eigenvalue weighted by Crippen LogP contribution is -2.15. The van der Waals surface area contributed by atoms with E-state index in [-0.39, 0.29) is 12.4 Å². The largest absolute Gasteiger partial charge is 0.444 e. The van der Waals surface area contributed by atoms with Gasteiger partial charge in [0.15, 0.2) is 18.3 Å². The first kappa shape index (κ1) is 19.8. The van der Waals surface area contributed by atoms with E-state index >= 15 is 0 Å². The fourth-order valence-electron chi connectivity index (χ4n) is 2.84. The minimum Gasteiger partial charge on any atom is -0.444 e. The Kier molecular flexibility index (Phi) is 5.62. The Balaban J connectivity index is 1.39. The van der Waals surface area contributed by atoms with Gasteiger partial charge < -0.3 is 15.0 Å². The maximum absolute atomic E-state index is 6.01. The van der Waals surface area contributed by atoms with Gasteiger partial charge in [-0.1, -0.05) is 21.1 Å². The molecule has 0 aliphatic heterocycles. The fraction of sp³-hybridized carbons (Fsp3) is 0.143. The molecule has 152 valence electrons. The Labute approximate surface area is 181 Å². The van der Waals surface area contributed by atoms with Crippen molar-refractivity contribution in [2.45, 2.75) is 20.5 Å². The molecule has 0 unspecified atom stereocenters. The summed E-state index contributed by atoms with van der Waals surface area (Å²) in [4.78, 5) is 14.1. The molecule has 0 saturated heterocycles. The summed E-state index contributed by atoms with van der Waals surface area (Å²) in [6.45, 7) is 4.06. The monoisotopic (exact) mass is 466 g/mol. The van der Waals surface area contributed by atoms with Crippen LogP contribution in [0.2, 0.25) is 0 Å². The van der Waals surface area contributed by atoms with E-state index in [2.05, 4.69) is 36.2 Å². The summed E-state index contributed by atoms with van der Waals surface area (Å²) in [6.07, 6.45) is 3.17. The van der Waals surface area contributed by atoms with Gasteiger partial charge in [0, 0.05) is 27.5 Å². The molecular formula is C21H19BrN6O2. The van der Waals surface area contributed by atoms with Crippen LogP contribution in [-0.4, -0.2) is 25.6 Å². The zero-order valence-corrected chi connectivity index (χ0v) is 18.0. The van der Waals surface area contributed by atoms with Crippen LogP contribution in [0.15, 0.2) is 69.0 Å². The van der Waals surface area contributed by atoms with Crippen LogP contribution in [-0.2, 0) is 11.4 Å². The predicted molar refractivity (Wildman–Crippen MR) is 116 cm³/mol. The maximum Gasteiger partial charge on any atom is 0.226 e. The van der Waals surface area contributed by atoms with Gasteiger partial charge in [-0.3, -0.25) is 0 Å². The zero-order valence-electron chi connectivity index (χ0n) is 16.4. The molecule has 9 heteroatoms. The van der Waals surface area contributed by atoms with E-state index in [0.29, 0.717) is 23.0 Å². The third-order valence-electron chi connectivity index (χ3n) is 4.29. The number of hydrogen-bond donors (Lipinski definition) is 1. The van der Waals surface area contributed by atoms with Gasteiger partial charge in [0.05, 0.1) is 5.69 Å². The number of oxime groups is 1. The van der Waals surface area contributed by atoms with E-state index in [1.807, 2.05) is 56.3 Å². The molecular weight excluding hydrogens is 448 g/mol. The first-order valence-electron chi connectivity index (χ1n) is 9.15. The highest BCUT2D eigenvalue weighted by atomic mass is 79.9. The first-order chi connectivity index (χ1) is 14.5. The average molecular weight is 467 g/mol. The second kappa shape index (κ2) is 8.50. The van der Waals surface area contributed by atoms with Gasteiger partial charge in [-0.25, -0.2) is 14.6 Å². The topological polar surface area (TPSA) is 104 Å². The second-order valence-corrected chi connectivity index (χ2v) is 7.56. The summed E-state index contributed by atoms with van der Waals surface area (Å²) < 4.78 is 8.26. The van der Waals surface area contributed by atoms with E-state index in [1.54, 1.807) is 10.9 Å². The van der Waals surface area contributed by atoms with Gasteiger partial charge in [-0.15, -0.1) is 0 Å². The minimum absolute atomic E-state index is 0.137. The van der Waals surface area contributed by atoms with Crippen LogP contribution < -0.4 is 5.73 Å². The van der Waals surface area contributed by atoms with Crippen LogP contribution in [0.25, 0.3) is 17.3 Å². The molecule has 3 aromatic heterocycles. The Bertz CT molecular complexity index is 1180. The molecule has 8 nitrogen and oxygen atoms in total. The van der Waals surface area contributed by atoms with Crippen molar-refractivity contribution in [1.29, 1.82) is 0 Å². The van der Waals surface area contributed by atoms with Gasteiger partial charge in [0.1, 0.15) is 12.0 Å². The van der Waals surface area contributed by atoms with Crippen molar-refractivity contribution < 1.29 is 9.25 Å². The molecule has 0 fully saturated rings. The maximum atomic E-state index is 6.01. The smallest absolute Gasteiger partial charge is 0.226 e. The van der Waals surface area contributed by atoms with Crippen molar-refractivity contribution in [3.05, 3.63) is 82.0 Å². The molecule has 0 amide bonds. The van der Waals surface area contributed by atoms with Crippen LogP contribution in [0.4, 0.5) is 0 Å². The molecule has 0 spiro atoms. The van der Waals surface area contributed by atoms with Gasteiger partial charge in [0.2, 0.25) is 5.89 Å². The normalized spacial score (nSPS) is 11.6. The molecule has 0 atom stereocenters. The zero-order chi connectivity index (χ0) is 21.1. The third kappa shape index (κ3) is 4.41. The molecule has 0 radical (unpaired) electrons. The summed E-state index contributed by atoms with van der Waals surface area (Å²) in [6, 6.07) is 13.3. The van der Waals surface area contributed by atoms with E-state index in [9.17, 15) is 0 Å². The van der Waals surface area contributed by atoms with Crippen molar-refractivity contribution in [2.24, 2.45) is 10.9 Å². The van der Waals surface area contributed by atoms with E-state index in [1.165, 1.54) is 6.26 Å². The highest BCUT2D eigenvalue weighted by Gasteiger charge is 2.09. The van der Waals surface area contributed by atoms with E-state index in [4.69, 9.17) is 15.0 Å². The number of pyridine rings is 1. The predicted octanol–water partition coefficient (Wildman–Crippen LogP) is 4.14. The summed E-state index contributed by atoms with van der Waals surface area (Å²) in [5.41, 5.74) is 10.1. The Morgan fingerprint density at radius 2 is 2.00 bits per heavy atom. The van der Waals surface area contributed by atoms with E-state index < -0.39 is 0 Å². The molecule has 0 saturated carbocycles. The van der Waals surface area contributed by atoms with E-state index in [0.717, 1.165) is 21.4 Å². The lowest BCUT2D eigenvalue weighted by molar-refractivity contribution is 0.127. The lowest BCUT2D eigenvalue weighted by atomic mass is 10.2. The second-order valence-electron chi connectivity index (χ2n) is 6.64. The Morgan fingerprint density at radius 3 is 2.67 bits per heavy atom. The number of rotatable bonds is 6. The number of amidine groups is 1. The van der Waals surface area contributed by atoms with Crippen LogP contribution in [0, 0.1) is 13.8 Å². The third-order valence-corrected chi connectivity index (χ3v) is 4.82. The molecule has 3 heterocycles. The van der Waals surface area contributed by atoms with Crippen molar-refractivity contribution in [2.75, 3.05) is 0 Å². The quantitative estimate of drug-likeness (QED) is 0.260. The van der Waals surface area contributed by atoms with Gasteiger partial charge in [-0.2, -0.15) is 5.10 Å². The van der Waals surface area contributed by atoms with Gasteiger partial charge >= 0.3 is 0 Å². The van der Waals surface area contributed by atoms with Crippen LogP contribution in [0.3, 0.4) is 0 Å². The average Bonchev–Trinajstić information content (AvgIpc) is 3.34. The number of nitrogens with zero attached hydrogens (tertiary/aromatic N) is 5. The molecule has 1 aromatic carbocycles. The number of oxazole rings is 1. The first-order valence-corrected chi connectivity index (χ1v) is 9.95. The molecule has 0 aliphatic carbocycles. The molecule has 0 aliphatic rings. The molecule has 30 heavy (non-hydrogen) atoms. The number of nitrogens with two attached hydrogens (primary N) is 1. The van der Waals surface area contributed by atoms with Crippen molar-refractivity contribution in [3.8, 4) is 17.3 Å². The molecule has 2 N–H and O–H groups in total. The summed E-state index contributed by atoms with van der Waals surface area (Å²) >= 11 is 3.40. The highest BCUT2D eigenvalue weighted by molar-refractivity contribution is 9.10. The van der Waals surface area contributed by atoms with Crippen molar-refractivity contribution >= 4 is 21.8 Å². The number of hydrogen-bond acceptors (Lipinski definition) is 6. The summed E-state index contributed by atoms with van der Waals surface area (Å²) in [5, 5.41) is 8.37. The molecule has 0 bridgehead atoms. The number of halogens is 1. The van der Waals surface area contributed by atoms with Crippen LogP contribution in [0.5, 0.6) is 0 Å².